The smallest absolute Gasteiger partial charge is 0.227 e. The van der Waals surface area contributed by atoms with Crippen LogP contribution in [0, 0.1) is 5.41 Å². The number of hydrogen-bond donors (Lipinski definition) is 3. The van der Waals surface area contributed by atoms with Gasteiger partial charge in [-0.15, -0.1) is 0 Å². The number of aliphatic hydroxyl groups is 1. The van der Waals surface area contributed by atoms with E-state index in [1.54, 1.807) is 0 Å². The van der Waals surface area contributed by atoms with Gasteiger partial charge in [-0.1, -0.05) is 24.3 Å². The third-order valence-corrected chi connectivity index (χ3v) is 3.58. The maximum atomic E-state index is 12.1. The molecule has 18 heavy (non-hydrogen) atoms. The lowest BCUT2D eigenvalue weighted by Crippen LogP contribution is -2.40. The second-order valence-electron chi connectivity index (χ2n) is 5.14. The number of rotatable bonds is 4. The fourth-order valence-corrected chi connectivity index (χ4v) is 2.17. The van der Waals surface area contributed by atoms with Gasteiger partial charge >= 0.3 is 0 Å². The standard InChI is InChI=1S/C14H20N2O2/c1-14(6-7-15-10-14)13(18)16-8-11-2-4-12(9-17)5-3-11/h2-5,15,17H,6-10H2,1H3,(H,16,18). The number of carbonyl (C=O) groups excluding carboxylic acids is 1. The summed E-state index contributed by atoms with van der Waals surface area (Å²) in [5.41, 5.74) is 1.66. The lowest BCUT2D eigenvalue weighted by molar-refractivity contribution is -0.129. The zero-order valence-electron chi connectivity index (χ0n) is 10.7. The van der Waals surface area contributed by atoms with Crippen molar-refractivity contribution in [1.82, 2.24) is 10.6 Å². The average Bonchev–Trinajstić information content (AvgIpc) is 2.85. The molecule has 4 heteroatoms. The Balaban J connectivity index is 1.88. The first kappa shape index (κ1) is 13.1. The molecule has 1 unspecified atom stereocenters. The number of benzene rings is 1. The summed E-state index contributed by atoms with van der Waals surface area (Å²) in [4.78, 5) is 12.1. The highest BCUT2D eigenvalue weighted by molar-refractivity contribution is 5.82. The second kappa shape index (κ2) is 5.50. The van der Waals surface area contributed by atoms with Gasteiger partial charge in [0.05, 0.1) is 12.0 Å². The van der Waals surface area contributed by atoms with Crippen LogP contribution in [0.5, 0.6) is 0 Å². The molecule has 1 fully saturated rings. The van der Waals surface area contributed by atoms with Crippen LogP contribution in [0.15, 0.2) is 24.3 Å². The van der Waals surface area contributed by atoms with Crippen molar-refractivity contribution in [3.8, 4) is 0 Å². The van der Waals surface area contributed by atoms with Crippen molar-refractivity contribution in [3.05, 3.63) is 35.4 Å². The molecule has 1 amide bonds. The van der Waals surface area contributed by atoms with Crippen molar-refractivity contribution >= 4 is 5.91 Å². The second-order valence-corrected chi connectivity index (χ2v) is 5.14. The molecule has 0 bridgehead atoms. The molecule has 1 aromatic rings. The summed E-state index contributed by atoms with van der Waals surface area (Å²) >= 11 is 0. The van der Waals surface area contributed by atoms with Crippen LogP contribution in [0.1, 0.15) is 24.5 Å². The monoisotopic (exact) mass is 248 g/mol. The van der Waals surface area contributed by atoms with E-state index in [9.17, 15) is 4.79 Å². The van der Waals surface area contributed by atoms with Crippen LogP contribution in [0.25, 0.3) is 0 Å². The SMILES string of the molecule is CC1(C(=O)NCc2ccc(CO)cc2)CCNC1. The van der Waals surface area contributed by atoms with Crippen LogP contribution in [0.4, 0.5) is 0 Å². The molecule has 0 spiro atoms. The van der Waals surface area contributed by atoms with Gasteiger partial charge in [-0.3, -0.25) is 4.79 Å². The van der Waals surface area contributed by atoms with Crippen molar-refractivity contribution in [2.75, 3.05) is 13.1 Å². The van der Waals surface area contributed by atoms with E-state index in [-0.39, 0.29) is 17.9 Å². The van der Waals surface area contributed by atoms with Gasteiger partial charge in [0.2, 0.25) is 5.91 Å². The zero-order valence-corrected chi connectivity index (χ0v) is 10.7. The van der Waals surface area contributed by atoms with Crippen molar-refractivity contribution < 1.29 is 9.90 Å². The van der Waals surface area contributed by atoms with Gasteiger partial charge in [0, 0.05) is 13.1 Å². The normalized spacial score (nSPS) is 23.0. The van der Waals surface area contributed by atoms with Gasteiger partial charge in [-0.05, 0) is 31.0 Å². The van der Waals surface area contributed by atoms with Gasteiger partial charge in [0.15, 0.2) is 0 Å². The van der Waals surface area contributed by atoms with Crippen molar-refractivity contribution in [2.24, 2.45) is 5.41 Å². The Labute approximate surface area is 107 Å². The quantitative estimate of drug-likeness (QED) is 0.738. The summed E-state index contributed by atoms with van der Waals surface area (Å²) in [6.07, 6.45) is 0.891. The Hall–Kier alpha value is -1.39. The minimum atomic E-state index is -0.273. The fraction of sp³-hybridized carbons (Fsp3) is 0.500. The van der Waals surface area contributed by atoms with E-state index in [2.05, 4.69) is 10.6 Å². The Bertz CT molecular complexity index is 408. The van der Waals surface area contributed by atoms with Crippen molar-refractivity contribution in [2.45, 2.75) is 26.5 Å². The fourth-order valence-electron chi connectivity index (χ4n) is 2.17. The maximum absolute atomic E-state index is 12.1. The lowest BCUT2D eigenvalue weighted by atomic mass is 9.89. The lowest BCUT2D eigenvalue weighted by Gasteiger charge is -2.21. The minimum absolute atomic E-state index is 0.0520. The van der Waals surface area contributed by atoms with Gasteiger partial charge < -0.3 is 15.7 Å². The van der Waals surface area contributed by atoms with Crippen LogP contribution >= 0.6 is 0 Å². The molecular weight excluding hydrogens is 228 g/mol. The first-order chi connectivity index (χ1) is 8.64. The molecule has 2 rings (SSSR count). The van der Waals surface area contributed by atoms with Gasteiger partial charge in [0.25, 0.3) is 0 Å². The molecule has 0 radical (unpaired) electrons. The molecule has 3 N–H and O–H groups in total. The van der Waals surface area contributed by atoms with Gasteiger partial charge in [-0.25, -0.2) is 0 Å². The molecule has 1 aliphatic rings. The summed E-state index contributed by atoms with van der Waals surface area (Å²) in [7, 11) is 0. The highest BCUT2D eigenvalue weighted by Crippen LogP contribution is 2.24. The molecule has 98 valence electrons. The van der Waals surface area contributed by atoms with E-state index in [0.29, 0.717) is 6.54 Å². The molecule has 0 aromatic heterocycles. The van der Waals surface area contributed by atoms with Gasteiger partial charge in [0.1, 0.15) is 0 Å². The van der Waals surface area contributed by atoms with Crippen molar-refractivity contribution in [3.63, 3.8) is 0 Å². The number of carbonyl (C=O) groups is 1. The average molecular weight is 248 g/mol. The predicted octanol–water partition coefficient (Wildman–Crippen LogP) is 0.795. The van der Waals surface area contributed by atoms with Crippen LogP contribution in [0.3, 0.4) is 0 Å². The van der Waals surface area contributed by atoms with E-state index < -0.39 is 0 Å². The zero-order chi connectivity index (χ0) is 13.0. The highest BCUT2D eigenvalue weighted by Gasteiger charge is 2.35. The van der Waals surface area contributed by atoms with E-state index >= 15 is 0 Å². The topological polar surface area (TPSA) is 61.4 Å². The highest BCUT2D eigenvalue weighted by atomic mass is 16.3. The van der Waals surface area contributed by atoms with Crippen LogP contribution in [0.2, 0.25) is 0 Å². The molecule has 1 saturated heterocycles. The first-order valence-electron chi connectivity index (χ1n) is 6.32. The summed E-state index contributed by atoms with van der Waals surface area (Å²) < 4.78 is 0. The largest absolute Gasteiger partial charge is 0.392 e. The maximum Gasteiger partial charge on any atom is 0.227 e. The number of amides is 1. The summed E-state index contributed by atoms with van der Waals surface area (Å²) in [6.45, 7) is 4.26. The molecule has 0 saturated carbocycles. The first-order valence-corrected chi connectivity index (χ1v) is 6.32. The Morgan fingerprint density at radius 1 is 1.39 bits per heavy atom. The van der Waals surface area contributed by atoms with Crippen molar-refractivity contribution in [1.29, 1.82) is 0 Å². The molecule has 1 aliphatic heterocycles. The number of hydrogen-bond acceptors (Lipinski definition) is 3. The molecule has 1 atom stereocenters. The Morgan fingerprint density at radius 3 is 2.61 bits per heavy atom. The van der Waals surface area contributed by atoms with Crippen LogP contribution < -0.4 is 10.6 Å². The van der Waals surface area contributed by atoms with E-state index in [1.807, 2.05) is 31.2 Å². The summed E-state index contributed by atoms with van der Waals surface area (Å²) in [5.74, 6) is 0.110. The predicted molar refractivity (Wildman–Crippen MR) is 69.8 cm³/mol. The third kappa shape index (κ3) is 2.89. The molecule has 1 heterocycles. The summed E-state index contributed by atoms with van der Waals surface area (Å²) in [5, 5.41) is 15.1. The van der Waals surface area contributed by atoms with Crippen LogP contribution in [-0.2, 0) is 17.9 Å². The third-order valence-electron chi connectivity index (χ3n) is 3.58. The molecular formula is C14H20N2O2. The Kier molecular flexibility index (Phi) is 3.99. The number of aliphatic hydroxyl groups excluding tert-OH is 1. The van der Waals surface area contributed by atoms with Gasteiger partial charge in [-0.2, -0.15) is 0 Å². The number of nitrogens with one attached hydrogen (secondary N) is 2. The Morgan fingerprint density at radius 2 is 2.06 bits per heavy atom. The minimum Gasteiger partial charge on any atom is -0.392 e. The van der Waals surface area contributed by atoms with E-state index in [1.165, 1.54) is 0 Å². The molecule has 1 aromatic carbocycles. The molecule has 0 aliphatic carbocycles. The van der Waals surface area contributed by atoms with E-state index in [0.717, 1.165) is 30.6 Å². The summed E-state index contributed by atoms with van der Waals surface area (Å²) in [6, 6.07) is 7.61. The molecule has 4 nitrogen and oxygen atoms in total. The van der Waals surface area contributed by atoms with E-state index in [4.69, 9.17) is 5.11 Å². The van der Waals surface area contributed by atoms with Crippen LogP contribution in [-0.4, -0.2) is 24.1 Å².